The molecule has 13 heavy (non-hydrogen) atoms. The van der Waals surface area contributed by atoms with Crippen LogP contribution >= 0.6 is 11.6 Å². The molecule has 0 spiro atoms. The Morgan fingerprint density at radius 2 is 2.08 bits per heavy atom. The van der Waals surface area contributed by atoms with E-state index in [0.29, 0.717) is 10.6 Å². The summed E-state index contributed by atoms with van der Waals surface area (Å²) in [5.74, 6) is 0. The maximum absolute atomic E-state index is 8.83. The van der Waals surface area contributed by atoms with Crippen molar-refractivity contribution in [1.82, 2.24) is 0 Å². The van der Waals surface area contributed by atoms with Crippen LogP contribution in [-0.4, -0.2) is 0 Å². The molecule has 0 saturated heterocycles. The van der Waals surface area contributed by atoms with Gasteiger partial charge in [-0.1, -0.05) is 36.7 Å². The minimum atomic E-state index is 0.692. The monoisotopic (exact) mass is 191 g/mol. The van der Waals surface area contributed by atoms with Crippen LogP contribution in [0.5, 0.6) is 0 Å². The second-order valence-corrected chi connectivity index (χ2v) is 3.08. The smallest absolute Gasteiger partial charge is 0.0994 e. The zero-order valence-corrected chi connectivity index (χ0v) is 8.17. The van der Waals surface area contributed by atoms with E-state index in [9.17, 15) is 0 Å². The number of allylic oxidation sites excluding steroid dienone is 2. The number of benzene rings is 1. The van der Waals surface area contributed by atoms with E-state index in [4.69, 9.17) is 16.9 Å². The molecule has 66 valence electrons. The van der Waals surface area contributed by atoms with Crippen LogP contribution in [0.3, 0.4) is 0 Å². The third-order valence-electron chi connectivity index (χ3n) is 1.68. The van der Waals surface area contributed by atoms with Gasteiger partial charge in [-0.15, -0.1) is 0 Å². The number of hydrogen-bond acceptors (Lipinski definition) is 1. The third-order valence-corrected chi connectivity index (χ3v) is 1.94. The summed E-state index contributed by atoms with van der Waals surface area (Å²) in [6.07, 6.45) is 2.77. The lowest BCUT2D eigenvalue weighted by Gasteiger charge is -1.97. The van der Waals surface area contributed by atoms with Crippen molar-refractivity contribution in [3.8, 4) is 6.07 Å². The molecule has 0 amide bonds. The second kappa shape index (κ2) is 4.69. The quantitative estimate of drug-likeness (QED) is 0.655. The highest BCUT2D eigenvalue weighted by Gasteiger charge is 1.98. The number of hydrogen-bond donors (Lipinski definition) is 0. The molecule has 0 aliphatic heterocycles. The first kappa shape index (κ1) is 9.83. The van der Waals surface area contributed by atoms with Crippen LogP contribution in [-0.2, 0) is 0 Å². The molecule has 0 aliphatic carbocycles. The normalized spacial score (nSPS) is 11.0. The molecule has 0 radical (unpaired) electrons. The van der Waals surface area contributed by atoms with Gasteiger partial charge in [0, 0.05) is 5.02 Å². The van der Waals surface area contributed by atoms with E-state index in [0.717, 1.165) is 12.0 Å². The number of halogens is 1. The number of nitrogens with zero attached hydrogens (tertiary/aromatic N) is 1. The van der Waals surface area contributed by atoms with Crippen molar-refractivity contribution in [2.75, 3.05) is 0 Å². The molecule has 0 atom stereocenters. The Bertz CT molecular complexity index is 343. The highest BCUT2D eigenvalue weighted by molar-refractivity contribution is 6.30. The fraction of sp³-hybridized carbons (Fsp3) is 0.182. The van der Waals surface area contributed by atoms with Crippen LogP contribution in [0.1, 0.15) is 18.9 Å². The Kier molecular flexibility index (Phi) is 3.54. The third kappa shape index (κ3) is 2.61. The van der Waals surface area contributed by atoms with Crippen LogP contribution in [0.25, 0.3) is 5.57 Å². The van der Waals surface area contributed by atoms with Crippen molar-refractivity contribution >= 4 is 17.2 Å². The lowest BCUT2D eigenvalue weighted by molar-refractivity contribution is 1.23. The van der Waals surface area contributed by atoms with Crippen LogP contribution in [0.2, 0.25) is 5.02 Å². The summed E-state index contributed by atoms with van der Waals surface area (Å²) >= 11 is 5.73. The van der Waals surface area contributed by atoms with Crippen molar-refractivity contribution in [2.45, 2.75) is 13.3 Å². The van der Waals surface area contributed by atoms with E-state index in [-0.39, 0.29) is 0 Å². The average Bonchev–Trinajstić information content (AvgIpc) is 2.16. The molecule has 0 heterocycles. The van der Waals surface area contributed by atoms with Gasteiger partial charge in [-0.05, 0) is 24.1 Å². The van der Waals surface area contributed by atoms with Crippen LogP contribution in [0, 0.1) is 11.3 Å². The minimum Gasteiger partial charge on any atom is -0.192 e. The summed E-state index contributed by atoms with van der Waals surface area (Å²) in [6.45, 7) is 2.01. The SMILES string of the molecule is CC/C=C(\C#N)c1ccc(Cl)cc1. The maximum atomic E-state index is 8.83. The minimum absolute atomic E-state index is 0.692. The van der Waals surface area contributed by atoms with Crippen LogP contribution in [0.4, 0.5) is 0 Å². The molecule has 0 fully saturated rings. The van der Waals surface area contributed by atoms with Crippen molar-refractivity contribution in [1.29, 1.82) is 5.26 Å². The largest absolute Gasteiger partial charge is 0.192 e. The Morgan fingerprint density at radius 1 is 1.46 bits per heavy atom. The Labute approximate surface area is 83.3 Å². The van der Waals surface area contributed by atoms with Gasteiger partial charge in [0.25, 0.3) is 0 Å². The van der Waals surface area contributed by atoms with Gasteiger partial charge in [0.05, 0.1) is 11.6 Å². The van der Waals surface area contributed by atoms with Gasteiger partial charge in [0.1, 0.15) is 0 Å². The Balaban J connectivity index is 3.01. The van der Waals surface area contributed by atoms with Crippen LogP contribution < -0.4 is 0 Å². The summed E-state index contributed by atoms with van der Waals surface area (Å²) in [7, 11) is 0. The van der Waals surface area contributed by atoms with E-state index in [1.807, 2.05) is 25.1 Å². The fourth-order valence-corrected chi connectivity index (χ4v) is 1.19. The molecule has 0 aliphatic rings. The summed E-state index contributed by atoms with van der Waals surface area (Å²) in [5, 5.41) is 9.52. The van der Waals surface area contributed by atoms with Gasteiger partial charge in [-0.25, -0.2) is 0 Å². The predicted molar refractivity (Wildman–Crippen MR) is 55.3 cm³/mol. The summed E-state index contributed by atoms with van der Waals surface area (Å²) < 4.78 is 0. The lowest BCUT2D eigenvalue weighted by Crippen LogP contribution is -1.80. The van der Waals surface area contributed by atoms with Crippen molar-refractivity contribution in [2.24, 2.45) is 0 Å². The molecule has 1 aromatic carbocycles. The second-order valence-electron chi connectivity index (χ2n) is 2.64. The highest BCUT2D eigenvalue weighted by atomic mass is 35.5. The van der Waals surface area contributed by atoms with Crippen LogP contribution in [0.15, 0.2) is 30.3 Å². The first-order valence-corrected chi connectivity index (χ1v) is 4.52. The first-order chi connectivity index (χ1) is 6.27. The molecule has 1 aromatic rings. The molecule has 0 unspecified atom stereocenters. The molecule has 2 heteroatoms. The van der Waals surface area contributed by atoms with E-state index in [2.05, 4.69) is 6.07 Å². The molecule has 0 saturated carbocycles. The van der Waals surface area contributed by atoms with E-state index in [1.165, 1.54) is 0 Å². The first-order valence-electron chi connectivity index (χ1n) is 4.14. The van der Waals surface area contributed by atoms with E-state index in [1.54, 1.807) is 12.1 Å². The molecule has 0 aromatic heterocycles. The molecular formula is C11H10ClN. The predicted octanol–water partition coefficient (Wildman–Crippen LogP) is 3.66. The van der Waals surface area contributed by atoms with Crippen molar-refractivity contribution in [3.63, 3.8) is 0 Å². The summed E-state index contributed by atoms with van der Waals surface area (Å²) in [5.41, 5.74) is 1.63. The molecule has 1 nitrogen and oxygen atoms in total. The highest BCUT2D eigenvalue weighted by Crippen LogP contribution is 2.17. The molecule has 0 bridgehead atoms. The average molecular weight is 192 g/mol. The van der Waals surface area contributed by atoms with Gasteiger partial charge in [-0.2, -0.15) is 5.26 Å². The van der Waals surface area contributed by atoms with Gasteiger partial charge < -0.3 is 0 Å². The standard InChI is InChI=1S/C11H10ClN/c1-2-3-10(8-13)9-4-6-11(12)7-5-9/h3-7H,2H2,1H3/b10-3+. The zero-order valence-electron chi connectivity index (χ0n) is 7.42. The lowest BCUT2D eigenvalue weighted by atomic mass is 10.1. The summed E-state index contributed by atoms with van der Waals surface area (Å²) in [4.78, 5) is 0. The van der Waals surface area contributed by atoms with Crippen molar-refractivity contribution in [3.05, 3.63) is 40.9 Å². The van der Waals surface area contributed by atoms with Crippen molar-refractivity contribution < 1.29 is 0 Å². The van der Waals surface area contributed by atoms with Gasteiger partial charge in [0.2, 0.25) is 0 Å². The fourth-order valence-electron chi connectivity index (χ4n) is 1.06. The number of nitriles is 1. The molecule has 0 N–H and O–H groups in total. The Morgan fingerprint density at radius 3 is 2.54 bits per heavy atom. The van der Waals surface area contributed by atoms with E-state index < -0.39 is 0 Å². The topological polar surface area (TPSA) is 23.8 Å². The van der Waals surface area contributed by atoms with Gasteiger partial charge >= 0.3 is 0 Å². The van der Waals surface area contributed by atoms with Gasteiger partial charge in [0.15, 0.2) is 0 Å². The van der Waals surface area contributed by atoms with Gasteiger partial charge in [-0.3, -0.25) is 0 Å². The van der Waals surface area contributed by atoms with E-state index >= 15 is 0 Å². The Hall–Kier alpha value is -1.26. The summed E-state index contributed by atoms with van der Waals surface area (Å²) in [6, 6.07) is 9.44. The number of rotatable bonds is 2. The maximum Gasteiger partial charge on any atom is 0.0994 e. The molecular weight excluding hydrogens is 182 g/mol. The molecule has 1 rings (SSSR count). The zero-order chi connectivity index (χ0) is 9.68.